The number of rotatable bonds is 4. The average Bonchev–Trinajstić information content (AvgIpc) is 3.22. The van der Waals surface area contributed by atoms with E-state index in [-0.39, 0.29) is 24.6 Å². The first-order valence-electron chi connectivity index (χ1n) is 9.40. The lowest BCUT2D eigenvalue weighted by Crippen LogP contribution is -2.37. The third kappa shape index (κ3) is 3.75. The summed E-state index contributed by atoms with van der Waals surface area (Å²) in [6.45, 7) is -0.143. The van der Waals surface area contributed by atoms with Crippen molar-refractivity contribution < 1.29 is 19.0 Å². The second-order valence-corrected chi connectivity index (χ2v) is 8.06. The Bertz CT molecular complexity index is 1350. The SMILES string of the molecule is O=C(OCc1nc2scc(-c3ccccc3Cl)c2c(=O)[nH]1)[C@H]1COc2ccccc2O1. The minimum atomic E-state index is -0.890. The topological polar surface area (TPSA) is 90.5 Å². The number of thiophene rings is 1. The Balaban J connectivity index is 1.33. The zero-order valence-electron chi connectivity index (χ0n) is 16.0. The molecule has 0 radical (unpaired) electrons. The van der Waals surface area contributed by atoms with Crippen molar-refractivity contribution in [2.45, 2.75) is 12.7 Å². The molecule has 9 heteroatoms. The molecule has 0 saturated carbocycles. The number of H-pyrrole nitrogens is 1. The molecule has 0 spiro atoms. The number of carbonyl (C=O) groups excluding carboxylic acids is 1. The minimum Gasteiger partial charge on any atom is -0.485 e. The molecule has 156 valence electrons. The van der Waals surface area contributed by atoms with Crippen LogP contribution >= 0.6 is 22.9 Å². The molecule has 0 amide bonds. The van der Waals surface area contributed by atoms with Crippen LogP contribution in [0.15, 0.2) is 58.7 Å². The zero-order valence-corrected chi connectivity index (χ0v) is 17.5. The Labute approximate surface area is 185 Å². The number of aromatic amines is 1. The van der Waals surface area contributed by atoms with E-state index in [1.807, 2.05) is 29.6 Å². The molecule has 4 aromatic rings. The standard InChI is InChI=1S/C22H15ClN2O5S/c23-14-6-2-1-5-12(14)13-11-31-21-19(13)20(26)24-18(25-21)10-29-22(27)17-9-28-15-7-3-4-8-16(15)30-17/h1-8,11,17H,9-10H2,(H,24,25,26)/t17-/m1/s1. The van der Waals surface area contributed by atoms with Crippen molar-refractivity contribution >= 4 is 39.1 Å². The first kappa shape index (κ1) is 19.6. The quantitative estimate of drug-likeness (QED) is 0.465. The van der Waals surface area contributed by atoms with Crippen LogP contribution in [0.2, 0.25) is 5.02 Å². The first-order chi connectivity index (χ1) is 15.1. The molecule has 3 heterocycles. The van der Waals surface area contributed by atoms with Crippen LogP contribution in [0.1, 0.15) is 5.82 Å². The fourth-order valence-corrected chi connectivity index (χ4v) is 4.50. The van der Waals surface area contributed by atoms with Gasteiger partial charge in [-0.3, -0.25) is 4.79 Å². The lowest BCUT2D eigenvalue weighted by Gasteiger charge is -2.24. The maximum atomic E-state index is 12.7. The molecule has 1 N–H and O–H groups in total. The maximum absolute atomic E-state index is 12.7. The summed E-state index contributed by atoms with van der Waals surface area (Å²) in [6.07, 6.45) is -0.890. The van der Waals surface area contributed by atoms with E-state index in [9.17, 15) is 9.59 Å². The maximum Gasteiger partial charge on any atom is 0.351 e. The van der Waals surface area contributed by atoms with E-state index in [4.69, 9.17) is 25.8 Å². The molecule has 1 aliphatic heterocycles. The fraction of sp³-hybridized carbons (Fsp3) is 0.136. The number of hydrogen-bond acceptors (Lipinski definition) is 7. The van der Waals surface area contributed by atoms with Gasteiger partial charge in [0.15, 0.2) is 11.5 Å². The number of benzene rings is 2. The molecule has 2 aromatic heterocycles. The normalized spacial score (nSPS) is 15.1. The molecule has 2 aromatic carbocycles. The predicted molar refractivity (Wildman–Crippen MR) is 117 cm³/mol. The Morgan fingerprint density at radius 2 is 1.94 bits per heavy atom. The van der Waals surface area contributed by atoms with Gasteiger partial charge in [0.2, 0.25) is 6.10 Å². The number of nitrogens with zero attached hydrogens (tertiary/aromatic N) is 1. The smallest absolute Gasteiger partial charge is 0.351 e. The van der Waals surface area contributed by atoms with Gasteiger partial charge in [0, 0.05) is 21.5 Å². The fourth-order valence-electron chi connectivity index (χ4n) is 3.31. The van der Waals surface area contributed by atoms with Crippen molar-refractivity contribution in [1.29, 1.82) is 0 Å². The van der Waals surface area contributed by atoms with Gasteiger partial charge >= 0.3 is 5.97 Å². The highest BCUT2D eigenvalue weighted by molar-refractivity contribution is 7.17. The number of hydrogen-bond donors (Lipinski definition) is 1. The summed E-state index contributed by atoms with van der Waals surface area (Å²) in [5, 5.41) is 2.85. The molecular formula is C22H15ClN2O5S. The van der Waals surface area contributed by atoms with Crippen molar-refractivity contribution in [2.75, 3.05) is 6.61 Å². The van der Waals surface area contributed by atoms with Gasteiger partial charge < -0.3 is 19.2 Å². The molecule has 0 saturated heterocycles. The number of aromatic nitrogens is 2. The number of carbonyl (C=O) groups is 1. The summed E-state index contributed by atoms with van der Waals surface area (Å²) >= 11 is 7.61. The van der Waals surface area contributed by atoms with E-state index < -0.39 is 12.1 Å². The van der Waals surface area contributed by atoms with Gasteiger partial charge in [-0.2, -0.15) is 0 Å². The predicted octanol–water partition coefficient (Wildman–Crippen LogP) is 4.19. The molecule has 0 fully saturated rings. The summed E-state index contributed by atoms with van der Waals surface area (Å²) in [4.78, 5) is 32.8. The van der Waals surface area contributed by atoms with Gasteiger partial charge in [-0.25, -0.2) is 9.78 Å². The lowest BCUT2D eigenvalue weighted by molar-refractivity contribution is -0.156. The molecular weight excluding hydrogens is 440 g/mol. The Morgan fingerprint density at radius 1 is 1.16 bits per heavy atom. The minimum absolute atomic E-state index is 0.0466. The second kappa shape index (κ2) is 8.05. The summed E-state index contributed by atoms with van der Waals surface area (Å²) in [7, 11) is 0. The van der Waals surface area contributed by atoms with Gasteiger partial charge in [0.05, 0.1) is 5.39 Å². The van der Waals surface area contributed by atoms with E-state index >= 15 is 0 Å². The van der Waals surface area contributed by atoms with Gasteiger partial charge in [-0.15, -0.1) is 11.3 Å². The number of nitrogens with one attached hydrogen (secondary N) is 1. The largest absolute Gasteiger partial charge is 0.485 e. The first-order valence-corrected chi connectivity index (χ1v) is 10.7. The average molecular weight is 455 g/mol. The van der Waals surface area contributed by atoms with Crippen LogP contribution in [0.5, 0.6) is 11.5 Å². The highest BCUT2D eigenvalue weighted by Crippen LogP contribution is 2.35. The monoisotopic (exact) mass is 454 g/mol. The Hall–Kier alpha value is -3.36. The van der Waals surface area contributed by atoms with Crippen LogP contribution in [0, 0.1) is 0 Å². The van der Waals surface area contributed by atoms with Crippen LogP contribution in [0.4, 0.5) is 0 Å². The van der Waals surface area contributed by atoms with Gasteiger partial charge in [-0.05, 0) is 18.2 Å². The number of halogens is 1. The highest BCUT2D eigenvalue weighted by Gasteiger charge is 2.29. The number of ether oxygens (including phenoxy) is 3. The second-order valence-electron chi connectivity index (χ2n) is 6.79. The summed E-state index contributed by atoms with van der Waals surface area (Å²) < 4.78 is 16.5. The third-order valence-electron chi connectivity index (χ3n) is 4.78. The summed E-state index contributed by atoms with van der Waals surface area (Å²) in [5.74, 6) is 0.708. The van der Waals surface area contributed by atoms with Crippen molar-refractivity contribution in [2.24, 2.45) is 0 Å². The van der Waals surface area contributed by atoms with Crippen molar-refractivity contribution in [1.82, 2.24) is 9.97 Å². The van der Waals surface area contributed by atoms with Gasteiger partial charge in [0.25, 0.3) is 5.56 Å². The van der Waals surface area contributed by atoms with E-state index in [1.54, 1.807) is 24.3 Å². The third-order valence-corrected chi connectivity index (χ3v) is 5.98. The van der Waals surface area contributed by atoms with E-state index in [2.05, 4.69) is 9.97 Å². The van der Waals surface area contributed by atoms with Crippen LogP contribution < -0.4 is 15.0 Å². The number of para-hydroxylation sites is 2. The molecule has 5 rings (SSSR count). The Morgan fingerprint density at radius 3 is 2.77 bits per heavy atom. The molecule has 0 bridgehead atoms. The van der Waals surface area contributed by atoms with E-state index in [1.165, 1.54) is 11.3 Å². The van der Waals surface area contributed by atoms with E-state index in [0.29, 0.717) is 32.3 Å². The Kier molecular flexibility index (Phi) is 5.09. The molecule has 1 atom stereocenters. The summed E-state index contributed by atoms with van der Waals surface area (Å²) in [5.41, 5.74) is 1.16. The van der Waals surface area contributed by atoms with Crippen LogP contribution in [0.3, 0.4) is 0 Å². The van der Waals surface area contributed by atoms with Crippen molar-refractivity contribution in [3.63, 3.8) is 0 Å². The molecule has 31 heavy (non-hydrogen) atoms. The van der Waals surface area contributed by atoms with E-state index in [0.717, 1.165) is 5.56 Å². The van der Waals surface area contributed by atoms with Crippen molar-refractivity contribution in [3.8, 4) is 22.6 Å². The van der Waals surface area contributed by atoms with Crippen LogP contribution in [-0.2, 0) is 16.1 Å². The van der Waals surface area contributed by atoms with Crippen LogP contribution in [0.25, 0.3) is 21.3 Å². The lowest BCUT2D eigenvalue weighted by atomic mass is 10.1. The van der Waals surface area contributed by atoms with Gasteiger partial charge in [-0.1, -0.05) is 41.9 Å². The summed E-state index contributed by atoms with van der Waals surface area (Å²) in [6, 6.07) is 14.4. The molecule has 1 aliphatic rings. The number of esters is 1. The zero-order chi connectivity index (χ0) is 21.4. The van der Waals surface area contributed by atoms with Crippen LogP contribution in [-0.4, -0.2) is 28.6 Å². The molecule has 0 unspecified atom stereocenters. The highest BCUT2D eigenvalue weighted by atomic mass is 35.5. The molecule has 7 nitrogen and oxygen atoms in total. The van der Waals surface area contributed by atoms with Crippen molar-refractivity contribution in [3.05, 3.63) is 75.1 Å². The number of fused-ring (bicyclic) bond motifs is 2. The molecule has 0 aliphatic carbocycles. The van der Waals surface area contributed by atoms with Gasteiger partial charge in [0.1, 0.15) is 23.9 Å².